The molecule has 0 aliphatic carbocycles. The van der Waals surface area contributed by atoms with Crippen LogP contribution in [0.25, 0.3) is 0 Å². The van der Waals surface area contributed by atoms with Gasteiger partial charge in [-0.1, -0.05) is 48.0 Å². The summed E-state index contributed by atoms with van der Waals surface area (Å²) < 4.78 is 5.61. The summed E-state index contributed by atoms with van der Waals surface area (Å²) in [6, 6.07) is 13.8. The van der Waals surface area contributed by atoms with E-state index in [0.29, 0.717) is 22.6 Å². The van der Waals surface area contributed by atoms with Gasteiger partial charge in [-0.2, -0.15) is 0 Å². The molecular formula is C18H14ClNO4. The molecule has 0 unspecified atom stereocenters. The zero-order valence-corrected chi connectivity index (χ0v) is 13.5. The van der Waals surface area contributed by atoms with Crippen LogP contribution in [0, 0.1) is 0 Å². The molecule has 2 aliphatic rings. The molecule has 2 aromatic rings. The average molecular weight is 344 g/mol. The molecule has 122 valence electrons. The van der Waals surface area contributed by atoms with Gasteiger partial charge >= 0.3 is 0 Å². The Bertz CT molecular complexity index is 868. The van der Waals surface area contributed by atoms with Gasteiger partial charge < -0.3 is 9.84 Å². The number of aliphatic hydroxyl groups is 1. The first kappa shape index (κ1) is 15.2. The first-order chi connectivity index (χ1) is 11.5. The third-order valence-corrected chi connectivity index (χ3v) is 4.95. The van der Waals surface area contributed by atoms with Gasteiger partial charge in [0.1, 0.15) is 5.75 Å². The normalized spacial score (nSPS) is 27.6. The van der Waals surface area contributed by atoms with Crippen molar-refractivity contribution in [2.75, 3.05) is 4.90 Å². The number of para-hydroxylation sites is 2. The number of nitrogens with zero attached hydrogens (tertiary/aromatic N) is 1. The van der Waals surface area contributed by atoms with E-state index in [4.69, 9.17) is 16.3 Å². The van der Waals surface area contributed by atoms with Gasteiger partial charge in [-0.15, -0.1) is 0 Å². The third-order valence-electron chi connectivity index (χ3n) is 4.61. The number of amides is 2. The van der Waals surface area contributed by atoms with E-state index in [-0.39, 0.29) is 0 Å². The lowest BCUT2D eigenvalue weighted by Crippen LogP contribution is -2.47. The Morgan fingerprint density at radius 1 is 1.21 bits per heavy atom. The highest BCUT2D eigenvalue weighted by Crippen LogP contribution is 2.54. The number of hydrogen-bond acceptors (Lipinski definition) is 4. The lowest BCUT2D eigenvalue weighted by Gasteiger charge is -2.29. The second-order valence-corrected chi connectivity index (χ2v) is 6.36. The molecule has 0 saturated carbocycles. The van der Waals surface area contributed by atoms with Crippen molar-refractivity contribution in [1.29, 1.82) is 0 Å². The highest BCUT2D eigenvalue weighted by atomic mass is 35.5. The number of rotatable bonds is 1. The van der Waals surface area contributed by atoms with Crippen molar-refractivity contribution in [2.24, 2.45) is 0 Å². The van der Waals surface area contributed by atoms with Gasteiger partial charge in [0.05, 0.1) is 11.6 Å². The van der Waals surface area contributed by atoms with Crippen molar-refractivity contribution in [3.05, 3.63) is 59.7 Å². The second-order valence-electron chi connectivity index (χ2n) is 5.93. The monoisotopic (exact) mass is 343 g/mol. The Morgan fingerprint density at radius 2 is 1.88 bits per heavy atom. The molecule has 0 aromatic heterocycles. The molecule has 0 radical (unpaired) electrons. The van der Waals surface area contributed by atoms with Gasteiger partial charge in [0, 0.05) is 18.1 Å². The van der Waals surface area contributed by atoms with Crippen molar-refractivity contribution in [2.45, 2.75) is 24.0 Å². The maximum absolute atomic E-state index is 13.0. The highest BCUT2D eigenvalue weighted by Gasteiger charge is 2.60. The molecular weight excluding hydrogens is 330 g/mol. The van der Waals surface area contributed by atoms with Crippen LogP contribution >= 0.6 is 11.6 Å². The van der Waals surface area contributed by atoms with Crippen LogP contribution in [-0.4, -0.2) is 22.5 Å². The molecule has 3 atom stereocenters. The standard InChI is InChI=1S/C18H14ClNO4/c1-10(21)20-13-8-4-3-7-12(13)18(23,17(20)22)15-11-6-2-5-9-14(11)24-16(15)19/h2-9,15-16,23H,1H3/t15-,16-,18-/m0/s1. The molecule has 24 heavy (non-hydrogen) atoms. The molecule has 2 aromatic carbocycles. The van der Waals surface area contributed by atoms with E-state index in [1.807, 2.05) is 0 Å². The summed E-state index contributed by atoms with van der Waals surface area (Å²) in [5.41, 5.74) is -1.49. The number of imide groups is 1. The van der Waals surface area contributed by atoms with Crippen molar-refractivity contribution >= 4 is 29.1 Å². The van der Waals surface area contributed by atoms with E-state index in [1.54, 1.807) is 48.5 Å². The number of carbonyl (C=O) groups is 2. The maximum atomic E-state index is 13.0. The average Bonchev–Trinajstić information content (AvgIpc) is 3.00. The van der Waals surface area contributed by atoms with Gasteiger partial charge in [-0.05, 0) is 12.1 Å². The summed E-state index contributed by atoms with van der Waals surface area (Å²) in [6.45, 7) is 1.29. The first-order valence-electron chi connectivity index (χ1n) is 7.53. The number of benzene rings is 2. The summed E-state index contributed by atoms with van der Waals surface area (Å²) in [5, 5.41) is 11.4. The number of fused-ring (bicyclic) bond motifs is 2. The minimum atomic E-state index is -1.96. The van der Waals surface area contributed by atoms with Crippen LogP contribution < -0.4 is 9.64 Å². The molecule has 2 heterocycles. The number of ether oxygens (including phenoxy) is 1. The highest BCUT2D eigenvalue weighted by molar-refractivity contribution is 6.24. The quantitative estimate of drug-likeness (QED) is 0.808. The maximum Gasteiger partial charge on any atom is 0.271 e. The van der Waals surface area contributed by atoms with Crippen LogP contribution in [0.15, 0.2) is 48.5 Å². The number of carbonyl (C=O) groups excluding carboxylic acids is 2. The fraction of sp³-hybridized carbons (Fsp3) is 0.222. The Morgan fingerprint density at radius 3 is 2.62 bits per heavy atom. The molecule has 5 nitrogen and oxygen atoms in total. The van der Waals surface area contributed by atoms with Gasteiger partial charge in [-0.25, -0.2) is 4.90 Å². The number of halogens is 1. The second kappa shape index (κ2) is 5.06. The summed E-state index contributed by atoms with van der Waals surface area (Å²) in [4.78, 5) is 26.0. The van der Waals surface area contributed by atoms with Crippen LogP contribution in [0.4, 0.5) is 5.69 Å². The van der Waals surface area contributed by atoms with E-state index in [9.17, 15) is 14.7 Å². The Balaban J connectivity index is 1.95. The minimum Gasteiger partial charge on any atom is -0.474 e. The van der Waals surface area contributed by atoms with Crippen LogP contribution in [0.2, 0.25) is 0 Å². The molecule has 4 rings (SSSR count). The van der Waals surface area contributed by atoms with Crippen LogP contribution in [0.3, 0.4) is 0 Å². The van der Waals surface area contributed by atoms with Crippen molar-refractivity contribution in [3.8, 4) is 5.75 Å². The zero-order chi connectivity index (χ0) is 17.1. The van der Waals surface area contributed by atoms with E-state index in [0.717, 1.165) is 4.90 Å². The fourth-order valence-corrected chi connectivity index (χ4v) is 4.00. The molecule has 6 heteroatoms. The van der Waals surface area contributed by atoms with Crippen molar-refractivity contribution in [1.82, 2.24) is 0 Å². The number of alkyl halides is 1. The van der Waals surface area contributed by atoms with E-state index < -0.39 is 28.9 Å². The van der Waals surface area contributed by atoms with Crippen LogP contribution in [0.1, 0.15) is 24.0 Å². The van der Waals surface area contributed by atoms with Gasteiger partial charge in [0.25, 0.3) is 5.91 Å². The summed E-state index contributed by atoms with van der Waals surface area (Å²) >= 11 is 6.33. The minimum absolute atomic E-state index is 0.362. The predicted octanol–water partition coefficient (Wildman–Crippen LogP) is 2.51. The number of hydrogen-bond donors (Lipinski definition) is 1. The molecule has 0 fully saturated rings. The van der Waals surface area contributed by atoms with E-state index in [1.165, 1.54) is 6.92 Å². The van der Waals surface area contributed by atoms with Crippen LogP contribution in [0.5, 0.6) is 5.75 Å². The zero-order valence-electron chi connectivity index (χ0n) is 12.8. The van der Waals surface area contributed by atoms with E-state index in [2.05, 4.69) is 0 Å². The Labute approximate surface area is 143 Å². The third kappa shape index (κ3) is 1.79. The molecule has 2 aliphatic heterocycles. The topological polar surface area (TPSA) is 66.8 Å². The van der Waals surface area contributed by atoms with Crippen molar-refractivity contribution < 1.29 is 19.4 Å². The largest absolute Gasteiger partial charge is 0.474 e. The fourth-order valence-electron chi connectivity index (χ4n) is 3.59. The molecule has 2 amide bonds. The summed E-state index contributed by atoms with van der Waals surface area (Å²) in [6.07, 6.45) is 0. The summed E-state index contributed by atoms with van der Waals surface area (Å²) in [5.74, 6) is -1.44. The summed E-state index contributed by atoms with van der Waals surface area (Å²) in [7, 11) is 0. The van der Waals surface area contributed by atoms with Crippen LogP contribution in [-0.2, 0) is 15.2 Å². The SMILES string of the molecule is CC(=O)N1C(=O)[C@@](O)([C@H]2c3ccccc3O[C@@H]2Cl)c2ccccc21. The molecule has 1 N–H and O–H groups in total. The number of anilines is 1. The van der Waals surface area contributed by atoms with Gasteiger partial charge in [0.2, 0.25) is 5.91 Å². The molecule has 0 saturated heterocycles. The van der Waals surface area contributed by atoms with Crippen molar-refractivity contribution in [3.63, 3.8) is 0 Å². The lowest BCUT2D eigenvalue weighted by molar-refractivity contribution is -0.141. The smallest absolute Gasteiger partial charge is 0.271 e. The molecule has 0 spiro atoms. The lowest BCUT2D eigenvalue weighted by atomic mass is 9.79. The van der Waals surface area contributed by atoms with Gasteiger partial charge in [-0.3, -0.25) is 9.59 Å². The molecule has 0 bridgehead atoms. The predicted molar refractivity (Wildman–Crippen MR) is 88.0 cm³/mol. The van der Waals surface area contributed by atoms with E-state index >= 15 is 0 Å². The Hall–Kier alpha value is -2.37. The van der Waals surface area contributed by atoms with Gasteiger partial charge in [0.15, 0.2) is 11.2 Å². The first-order valence-corrected chi connectivity index (χ1v) is 7.96. The Kier molecular flexibility index (Phi) is 3.20.